The van der Waals surface area contributed by atoms with E-state index >= 15 is 0 Å². The largest absolute Gasteiger partial charge is 0.496 e. The number of fused-ring (bicyclic) bond motifs is 1. The number of amides is 2. The molecule has 1 aliphatic heterocycles. The second-order valence-corrected chi connectivity index (χ2v) is 8.00. The van der Waals surface area contributed by atoms with Gasteiger partial charge in [0.2, 0.25) is 5.91 Å². The molecule has 0 fully saturated rings. The monoisotopic (exact) mass is 446 g/mol. The number of hydrogen-bond donors (Lipinski definition) is 2. The molecule has 0 saturated carbocycles. The number of aromatic nitrogens is 2. The van der Waals surface area contributed by atoms with Crippen molar-refractivity contribution in [2.45, 2.75) is 24.6 Å². The second-order valence-electron chi connectivity index (χ2n) is 6.58. The fraction of sp³-hybridized carbons (Fsp3) is 0.250. The van der Waals surface area contributed by atoms with Crippen molar-refractivity contribution in [3.05, 3.63) is 64.2 Å². The SMILES string of the molecule is COc1ccc(Cl)cc1C(=O)Nc1c2c(nn1CC(=O)NCc1ccco1)CSC2. The molecule has 0 radical (unpaired) electrons. The molecule has 1 aromatic carbocycles. The number of nitrogens with zero attached hydrogens (tertiary/aromatic N) is 2. The Morgan fingerprint density at radius 2 is 2.20 bits per heavy atom. The van der Waals surface area contributed by atoms with E-state index in [4.69, 9.17) is 20.8 Å². The first kappa shape index (κ1) is 20.4. The molecule has 0 unspecified atom stereocenters. The lowest BCUT2D eigenvalue weighted by Crippen LogP contribution is -2.28. The number of anilines is 1. The average molecular weight is 447 g/mol. The number of ether oxygens (including phenoxy) is 1. The van der Waals surface area contributed by atoms with Crippen LogP contribution in [0.1, 0.15) is 27.4 Å². The highest BCUT2D eigenvalue weighted by atomic mass is 35.5. The Labute approximate surface area is 181 Å². The number of methoxy groups -OCH3 is 1. The minimum absolute atomic E-state index is 0.0271. The third kappa shape index (κ3) is 4.31. The molecular weight excluding hydrogens is 428 g/mol. The fourth-order valence-corrected chi connectivity index (χ4v) is 4.35. The van der Waals surface area contributed by atoms with E-state index in [0.29, 0.717) is 33.7 Å². The summed E-state index contributed by atoms with van der Waals surface area (Å²) < 4.78 is 12.0. The van der Waals surface area contributed by atoms with E-state index in [1.165, 1.54) is 11.8 Å². The number of rotatable bonds is 7. The zero-order chi connectivity index (χ0) is 21.1. The van der Waals surface area contributed by atoms with Gasteiger partial charge in [0.05, 0.1) is 31.2 Å². The first-order valence-corrected chi connectivity index (χ1v) is 10.7. The van der Waals surface area contributed by atoms with E-state index in [2.05, 4.69) is 15.7 Å². The Kier molecular flexibility index (Phi) is 6.01. The molecule has 10 heteroatoms. The summed E-state index contributed by atoms with van der Waals surface area (Å²) in [7, 11) is 1.49. The molecule has 4 rings (SSSR count). The van der Waals surface area contributed by atoms with Crippen LogP contribution >= 0.6 is 23.4 Å². The maximum atomic E-state index is 13.0. The third-order valence-corrected chi connectivity index (χ3v) is 5.80. The lowest BCUT2D eigenvalue weighted by molar-refractivity contribution is -0.122. The van der Waals surface area contributed by atoms with Gasteiger partial charge in [-0.3, -0.25) is 9.59 Å². The summed E-state index contributed by atoms with van der Waals surface area (Å²) >= 11 is 7.76. The van der Waals surface area contributed by atoms with Gasteiger partial charge in [-0.25, -0.2) is 4.68 Å². The minimum Gasteiger partial charge on any atom is -0.496 e. The van der Waals surface area contributed by atoms with Crippen LogP contribution in [0.25, 0.3) is 0 Å². The van der Waals surface area contributed by atoms with E-state index in [-0.39, 0.29) is 24.9 Å². The minimum atomic E-state index is -0.383. The van der Waals surface area contributed by atoms with Crippen LogP contribution in [0.15, 0.2) is 41.0 Å². The molecule has 2 amide bonds. The van der Waals surface area contributed by atoms with E-state index in [0.717, 1.165) is 17.0 Å². The Morgan fingerprint density at radius 3 is 2.97 bits per heavy atom. The number of carbonyl (C=O) groups excluding carboxylic acids is 2. The van der Waals surface area contributed by atoms with Gasteiger partial charge in [0, 0.05) is 22.1 Å². The Bertz CT molecular complexity index is 1080. The molecule has 156 valence electrons. The van der Waals surface area contributed by atoms with Crippen LogP contribution in [0.3, 0.4) is 0 Å². The van der Waals surface area contributed by atoms with Crippen molar-refractivity contribution in [3.63, 3.8) is 0 Å². The smallest absolute Gasteiger partial charge is 0.260 e. The van der Waals surface area contributed by atoms with Crippen LogP contribution in [0.2, 0.25) is 5.02 Å². The van der Waals surface area contributed by atoms with Crippen molar-refractivity contribution in [3.8, 4) is 5.75 Å². The first-order valence-electron chi connectivity index (χ1n) is 9.15. The summed E-state index contributed by atoms with van der Waals surface area (Å²) in [6.45, 7) is 0.255. The molecule has 3 heterocycles. The summed E-state index contributed by atoms with van der Waals surface area (Å²) in [4.78, 5) is 25.4. The van der Waals surface area contributed by atoms with Crippen molar-refractivity contribution in [2.75, 3.05) is 12.4 Å². The number of thioether (sulfide) groups is 1. The number of carbonyl (C=O) groups is 2. The van der Waals surface area contributed by atoms with Gasteiger partial charge in [-0.15, -0.1) is 0 Å². The summed E-state index contributed by atoms with van der Waals surface area (Å²) in [5.41, 5.74) is 2.10. The van der Waals surface area contributed by atoms with Gasteiger partial charge >= 0.3 is 0 Å². The van der Waals surface area contributed by atoms with Crippen molar-refractivity contribution in [2.24, 2.45) is 0 Å². The Balaban J connectivity index is 1.53. The highest BCUT2D eigenvalue weighted by molar-refractivity contribution is 7.98. The molecular formula is C20H19ClN4O4S. The van der Waals surface area contributed by atoms with Gasteiger partial charge in [-0.1, -0.05) is 11.6 Å². The van der Waals surface area contributed by atoms with Crippen LogP contribution in [-0.4, -0.2) is 28.7 Å². The molecule has 2 N–H and O–H groups in total. The molecule has 8 nitrogen and oxygen atoms in total. The predicted octanol–water partition coefficient (Wildman–Crippen LogP) is 3.45. The lowest BCUT2D eigenvalue weighted by Gasteiger charge is -2.13. The highest BCUT2D eigenvalue weighted by Gasteiger charge is 2.26. The molecule has 0 bridgehead atoms. The number of hydrogen-bond acceptors (Lipinski definition) is 6. The van der Waals surface area contributed by atoms with Gasteiger partial charge in [-0.2, -0.15) is 16.9 Å². The first-order chi connectivity index (χ1) is 14.5. The second kappa shape index (κ2) is 8.85. The van der Waals surface area contributed by atoms with Crippen LogP contribution in [0, 0.1) is 0 Å². The van der Waals surface area contributed by atoms with Gasteiger partial charge in [-0.05, 0) is 30.3 Å². The standard InChI is InChI=1S/C20H19ClN4O4S/c1-28-17-5-4-12(21)7-14(17)20(27)23-19-15-10-30-11-16(15)24-25(19)9-18(26)22-8-13-3-2-6-29-13/h2-7H,8-11H2,1H3,(H,22,26)(H,23,27). The lowest BCUT2D eigenvalue weighted by atomic mass is 10.2. The van der Waals surface area contributed by atoms with E-state index < -0.39 is 0 Å². The van der Waals surface area contributed by atoms with Gasteiger partial charge < -0.3 is 19.8 Å². The fourth-order valence-electron chi connectivity index (χ4n) is 3.14. The van der Waals surface area contributed by atoms with Crippen LogP contribution in [0.4, 0.5) is 5.82 Å². The predicted molar refractivity (Wildman–Crippen MR) is 114 cm³/mol. The molecule has 0 spiro atoms. The summed E-state index contributed by atoms with van der Waals surface area (Å²) in [6.07, 6.45) is 1.55. The van der Waals surface area contributed by atoms with Crippen LogP contribution in [-0.2, 0) is 29.4 Å². The maximum Gasteiger partial charge on any atom is 0.260 e. The third-order valence-electron chi connectivity index (χ3n) is 4.59. The number of nitrogens with one attached hydrogen (secondary N) is 2. The van der Waals surface area contributed by atoms with Gasteiger partial charge in [0.1, 0.15) is 23.9 Å². The molecule has 30 heavy (non-hydrogen) atoms. The van der Waals surface area contributed by atoms with Crippen LogP contribution < -0.4 is 15.4 Å². The normalized spacial score (nSPS) is 12.5. The highest BCUT2D eigenvalue weighted by Crippen LogP contribution is 2.35. The van der Waals surface area contributed by atoms with Crippen molar-refractivity contribution >= 4 is 41.0 Å². The average Bonchev–Trinajstić information content (AvgIpc) is 3.46. The quantitative estimate of drug-likeness (QED) is 0.576. The van der Waals surface area contributed by atoms with E-state index in [9.17, 15) is 9.59 Å². The van der Waals surface area contributed by atoms with E-state index in [1.54, 1.807) is 48.4 Å². The Hall–Kier alpha value is -2.91. The summed E-state index contributed by atoms with van der Waals surface area (Å²) in [6, 6.07) is 8.37. The molecule has 3 aromatic rings. The van der Waals surface area contributed by atoms with E-state index in [1.807, 2.05) is 0 Å². The number of furan rings is 1. The maximum absolute atomic E-state index is 13.0. The summed E-state index contributed by atoms with van der Waals surface area (Å²) in [5.74, 6) is 2.40. The molecule has 2 aromatic heterocycles. The van der Waals surface area contributed by atoms with Crippen molar-refractivity contribution in [1.82, 2.24) is 15.1 Å². The summed E-state index contributed by atoms with van der Waals surface area (Å²) in [5, 5.41) is 10.6. The van der Waals surface area contributed by atoms with Gasteiger partial charge in [0.25, 0.3) is 5.91 Å². The number of halogens is 1. The molecule has 0 atom stereocenters. The molecule has 1 aliphatic rings. The zero-order valence-corrected chi connectivity index (χ0v) is 17.7. The molecule has 0 saturated heterocycles. The molecule has 0 aliphatic carbocycles. The van der Waals surface area contributed by atoms with Crippen molar-refractivity contribution in [1.29, 1.82) is 0 Å². The number of benzene rings is 1. The van der Waals surface area contributed by atoms with Gasteiger partial charge in [0.15, 0.2) is 0 Å². The Morgan fingerprint density at radius 1 is 1.33 bits per heavy atom. The van der Waals surface area contributed by atoms with Crippen LogP contribution in [0.5, 0.6) is 5.75 Å². The topological polar surface area (TPSA) is 98.4 Å². The van der Waals surface area contributed by atoms with Crippen molar-refractivity contribution < 1.29 is 18.7 Å². The zero-order valence-electron chi connectivity index (χ0n) is 16.1.